The summed E-state index contributed by atoms with van der Waals surface area (Å²) >= 11 is 0. The SMILES string of the molecule is CCCCCCNC(=O)CN1CCCC(CO)C1. The first-order valence-electron chi connectivity index (χ1n) is 7.36. The fourth-order valence-corrected chi connectivity index (χ4v) is 2.48. The first-order valence-corrected chi connectivity index (χ1v) is 7.36. The molecule has 0 radical (unpaired) electrons. The van der Waals surface area contributed by atoms with E-state index in [1.54, 1.807) is 0 Å². The summed E-state index contributed by atoms with van der Waals surface area (Å²) in [5.41, 5.74) is 0. The Balaban J connectivity index is 2.08. The topological polar surface area (TPSA) is 52.6 Å². The number of hydrogen-bond acceptors (Lipinski definition) is 3. The Morgan fingerprint density at radius 1 is 1.39 bits per heavy atom. The van der Waals surface area contributed by atoms with Gasteiger partial charge in [0.2, 0.25) is 5.91 Å². The van der Waals surface area contributed by atoms with Gasteiger partial charge in [0.25, 0.3) is 0 Å². The van der Waals surface area contributed by atoms with Crippen LogP contribution in [0.5, 0.6) is 0 Å². The van der Waals surface area contributed by atoms with Gasteiger partial charge < -0.3 is 10.4 Å². The van der Waals surface area contributed by atoms with Gasteiger partial charge in [-0.25, -0.2) is 0 Å². The van der Waals surface area contributed by atoms with Gasteiger partial charge in [0.15, 0.2) is 0 Å². The minimum Gasteiger partial charge on any atom is -0.396 e. The summed E-state index contributed by atoms with van der Waals surface area (Å²) < 4.78 is 0. The zero-order valence-electron chi connectivity index (χ0n) is 11.7. The molecule has 1 unspecified atom stereocenters. The van der Waals surface area contributed by atoms with Crippen LogP contribution >= 0.6 is 0 Å². The molecule has 1 fully saturated rings. The van der Waals surface area contributed by atoms with Crippen molar-refractivity contribution >= 4 is 5.91 Å². The van der Waals surface area contributed by atoms with Gasteiger partial charge in [-0.1, -0.05) is 26.2 Å². The van der Waals surface area contributed by atoms with Crippen LogP contribution in [0.4, 0.5) is 0 Å². The lowest BCUT2D eigenvalue weighted by Crippen LogP contribution is -2.43. The summed E-state index contributed by atoms with van der Waals surface area (Å²) in [7, 11) is 0. The summed E-state index contributed by atoms with van der Waals surface area (Å²) in [4.78, 5) is 13.9. The normalized spacial score (nSPS) is 20.9. The fourth-order valence-electron chi connectivity index (χ4n) is 2.48. The third kappa shape index (κ3) is 6.36. The van der Waals surface area contributed by atoms with Gasteiger partial charge >= 0.3 is 0 Å². The molecule has 4 nitrogen and oxygen atoms in total. The number of likely N-dealkylation sites (tertiary alicyclic amines) is 1. The number of aliphatic hydroxyl groups excluding tert-OH is 1. The van der Waals surface area contributed by atoms with Crippen molar-refractivity contribution in [3.05, 3.63) is 0 Å². The second-order valence-electron chi connectivity index (χ2n) is 5.34. The minimum atomic E-state index is 0.130. The van der Waals surface area contributed by atoms with E-state index in [9.17, 15) is 4.79 Å². The lowest BCUT2D eigenvalue weighted by atomic mass is 9.99. The Morgan fingerprint density at radius 2 is 2.22 bits per heavy atom. The highest BCUT2D eigenvalue weighted by molar-refractivity contribution is 5.77. The van der Waals surface area contributed by atoms with Crippen LogP contribution in [-0.4, -0.2) is 48.7 Å². The number of rotatable bonds is 8. The maximum atomic E-state index is 11.7. The summed E-state index contributed by atoms with van der Waals surface area (Å²) in [6, 6.07) is 0. The van der Waals surface area contributed by atoms with Gasteiger partial charge in [-0.15, -0.1) is 0 Å². The molecule has 1 aliphatic rings. The highest BCUT2D eigenvalue weighted by Gasteiger charge is 2.20. The first kappa shape index (κ1) is 15.4. The molecule has 18 heavy (non-hydrogen) atoms. The molecule has 106 valence electrons. The van der Waals surface area contributed by atoms with Crippen LogP contribution in [0, 0.1) is 5.92 Å². The molecule has 0 bridgehead atoms. The summed E-state index contributed by atoms with van der Waals surface area (Å²) in [6.45, 7) is 5.57. The third-order valence-electron chi connectivity index (χ3n) is 3.58. The van der Waals surface area contributed by atoms with E-state index in [0.717, 1.165) is 38.9 Å². The molecule has 0 aromatic carbocycles. The molecule has 2 N–H and O–H groups in total. The number of piperidine rings is 1. The van der Waals surface area contributed by atoms with E-state index < -0.39 is 0 Å². The van der Waals surface area contributed by atoms with Crippen molar-refractivity contribution < 1.29 is 9.90 Å². The van der Waals surface area contributed by atoms with Crippen LogP contribution in [-0.2, 0) is 4.79 Å². The predicted octanol–water partition coefficient (Wildman–Crippen LogP) is 1.39. The molecule has 1 saturated heterocycles. The minimum absolute atomic E-state index is 0.130. The van der Waals surface area contributed by atoms with Crippen molar-refractivity contribution in [1.29, 1.82) is 0 Å². The van der Waals surface area contributed by atoms with Crippen molar-refractivity contribution in [3.63, 3.8) is 0 Å². The molecule has 0 aromatic rings. The molecule has 0 aromatic heterocycles. The molecule has 0 saturated carbocycles. The Hall–Kier alpha value is -0.610. The molecule has 1 heterocycles. The van der Waals surface area contributed by atoms with E-state index in [1.165, 1.54) is 19.3 Å². The van der Waals surface area contributed by atoms with Crippen LogP contribution in [0.1, 0.15) is 45.4 Å². The van der Waals surface area contributed by atoms with Gasteiger partial charge in [-0.2, -0.15) is 0 Å². The van der Waals surface area contributed by atoms with Crippen molar-refractivity contribution in [2.45, 2.75) is 45.4 Å². The molecule has 0 aliphatic carbocycles. The van der Waals surface area contributed by atoms with E-state index in [1.807, 2.05) is 0 Å². The smallest absolute Gasteiger partial charge is 0.234 e. The van der Waals surface area contributed by atoms with Crippen LogP contribution in [0.25, 0.3) is 0 Å². The van der Waals surface area contributed by atoms with E-state index in [2.05, 4.69) is 17.1 Å². The highest BCUT2D eigenvalue weighted by atomic mass is 16.3. The molecule has 1 atom stereocenters. The largest absolute Gasteiger partial charge is 0.396 e. The van der Waals surface area contributed by atoms with Gasteiger partial charge in [0.05, 0.1) is 6.54 Å². The van der Waals surface area contributed by atoms with Crippen molar-refractivity contribution in [1.82, 2.24) is 10.2 Å². The number of unbranched alkanes of at least 4 members (excludes halogenated alkanes) is 3. The van der Waals surface area contributed by atoms with Gasteiger partial charge in [0, 0.05) is 19.7 Å². The molecule has 1 rings (SSSR count). The van der Waals surface area contributed by atoms with Crippen LogP contribution < -0.4 is 5.32 Å². The molecular weight excluding hydrogens is 228 g/mol. The van der Waals surface area contributed by atoms with Crippen LogP contribution in [0.2, 0.25) is 0 Å². The molecular formula is C14H28N2O2. The summed E-state index contributed by atoms with van der Waals surface area (Å²) in [5.74, 6) is 0.487. The van der Waals surface area contributed by atoms with Gasteiger partial charge in [0.1, 0.15) is 0 Å². The van der Waals surface area contributed by atoms with E-state index in [4.69, 9.17) is 5.11 Å². The van der Waals surface area contributed by atoms with Crippen LogP contribution in [0.15, 0.2) is 0 Å². The maximum Gasteiger partial charge on any atom is 0.234 e. The number of hydrogen-bond donors (Lipinski definition) is 2. The number of nitrogens with one attached hydrogen (secondary N) is 1. The molecule has 1 amide bonds. The van der Waals surface area contributed by atoms with Crippen molar-refractivity contribution in [2.24, 2.45) is 5.92 Å². The number of carbonyl (C=O) groups excluding carboxylic acids is 1. The van der Waals surface area contributed by atoms with E-state index >= 15 is 0 Å². The number of carbonyl (C=O) groups is 1. The summed E-state index contributed by atoms with van der Waals surface area (Å²) in [5, 5.41) is 12.1. The average Bonchev–Trinajstić information content (AvgIpc) is 2.38. The quantitative estimate of drug-likeness (QED) is 0.645. The zero-order chi connectivity index (χ0) is 13.2. The summed E-state index contributed by atoms with van der Waals surface area (Å²) in [6.07, 6.45) is 6.94. The Labute approximate surface area is 111 Å². The monoisotopic (exact) mass is 256 g/mol. The lowest BCUT2D eigenvalue weighted by molar-refractivity contribution is -0.122. The second kappa shape index (κ2) is 9.34. The molecule has 1 aliphatic heterocycles. The fraction of sp³-hybridized carbons (Fsp3) is 0.929. The maximum absolute atomic E-state index is 11.7. The Morgan fingerprint density at radius 3 is 2.94 bits per heavy atom. The number of aliphatic hydroxyl groups is 1. The first-order chi connectivity index (χ1) is 8.76. The molecule has 0 spiro atoms. The zero-order valence-corrected chi connectivity index (χ0v) is 11.7. The van der Waals surface area contributed by atoms with Crippen LogP contribution in [0.3, 0.4) is 0 Å². The second-order valence-corrected chi connectivity index (χ2v) is 5.34. The van der Waals surface area contributed by atoms with Crippen molar-refractivity contribution in [2.75, 3.05) is 32.8 Å². The predicted molar refractivity (Wildman–Crippen MR) is 73.4 cm³/mol. The van der Waals surface area contributed by atoms with Gasteiger partial charge in [-0.05, 0) is 31.7 Å². The van der Waals surface area contributed by atoms with E-state index in [-0.39, 0.29) is 12.5 Å². The Kier molecular flexibility index (Phi) is 8.01. The molecule has 4 heteroatoms. The number of amides is 1. The number of nitrogens with zero attached hydrogens (tertiary/aromatic N) is 1. The lowest BCUT2D eigenvalue weighted by Gasteiger charge is -2.31. The average molecular weight is 256 g/mol. The van der Waals surface area contributed by atoms with E-state index in [0.29, 0.717) is 12.5 Å². The standard InChI is InChI=1S/C14H28N2O2/c1-2-3-4-5-8-15-14(18)11-16-9-6-7-13(10-16)12-17/h13,17H,2-12H2,1H3,(H,15,18). The highest BCUT2D eigenvalue weighted by Crippen LogP contribution is 2.15. The third-order valence-corrected chi connectivity index (χ3v) is 3.58. The van der Waals surface area contributed by atoms with Gasteiger partial charge in [-0.3, -0.25) is 9.69 Å². The van der Waals surface area contributed by atoms with Crippen molar-refractivity contribution in [3.8, 4) is 0 Å². The Bertz CT molecular complexity index is 234.